The van der Waals surface area contributed by atoms with Gasteiger partial charge in [0.15, 0.2) is 0 Å². The zero-order valence-corrected chi connectivity index (χ0v) is 5.33. The van der Waals surface area contributed by atoms with Gasteiger partial charge < -0.3 is 10.2 Å². The summed E-state index contributed by atoms with van der Waals surface area (Å²) in [6.45, 7) is 0.0671. The molecule has 0 heterocycles. The van der Waals surface area contributed by atoms with Crippen LogP contribution < -0.4 is 0 Å². The van der Waals surface area contributed by atoms with Crippen molar-refractivity contribution in [2.45, 2.75) is 18.9 Å². The molecule has 1 aliphatic carbocycles. The second-order valence-corrected chi connectivity index (χ2v) is 2.42. The van der Waals surface area contributed by atoms with E-state index in [1.54, 1.807) is 0 Å². The molecule has 0 aromatic carbocycles. The van der Waals surface area contributed by atoms with Crippen LogP contribution in [0.15, 0.2) is 12.2 Å². The van der Waals surface area contributed by atoms with Gasteiger partial charge in [0.2, 0.25) is 0 Å². The largest absolute Gasteiger partial charge is 0.396 e. The topological polar surface area (TPSA) is 40.5 Å². The molecule has 2 heteroatoms. The summed E-state index contributed by atoms with van der Waals surface area (Å²) >= 11 is 0. The molecule has 0 radical (unpaired) electrons. The predicted molar refractivity (Wildman–Crippen MR) is 35.0 cm³/mol. The smallest absolute Gasteiger partial charge is 0.0627 e. The fourth-order valence-electron chi connectivity index (χ4n) is 1.06. The van der Waals surface area contributed by atoms with Gasteiger partial charge in [-0.1, -0.05) is 12.2 Å². The van der Waals surface area contributed by atoms with E-state index in [0.29, 0.717) is 0 Å². The molecule has 2 atom stereocenters. The Hall–Kier alpha value is -0.340. The maximum Gasteiger partial charge on any atom is 0.0627 e. The molecule has 9 heavy (non-hydrogen) atoms. The van der Waals surface area contributed by atoms with Gasteiger partial charge in [0, 0.05) is 5.92 Å². The Morgan fingerprint density at radius 2 is 2.33 bits per heavy atom. The van der Waals surface area contributed by atoms with E-state index in [1.165, 1.54) is 0 Å². The third-order valence-electron chi connectivity index (χ3n) is 1.72. The molecule has 2 unspecified atom stereocenters. The van der Waals surface area contributed by atoms with Crippen molar-refractivity contribution in [2.24, 2.45) is 5.92 Å². The molecule has 2 nitrogen and oxygen atoms in total. The minimum Gasteiger partial charge on any atom is -0.396 e. The maximum atomic E-state index is 9.16. The van der Waals surface area contributed by atoms with Crippen LogP contribution in [-0.4, -0.2) is 22.9 Å². The van der Waals surface area contributed by atoms with Crippen LogP contribution in [0.4, 0.5) is 0 Å². The van der Waals surface area contributed by atoms with E-state index in [2.05, 4.69) is 0 Å². The normalized spacial score (nSPS) is 34.9. The SMILES string of the molecule is OCC1C=CCCC1O. The summed E-state index contributed by atoms with van der Waals surface area (Å²) in [6, 6.07) is 0. The van der Waals surface area contributed by atoms with Gasteiger partial charge in [0.05, 0.1) is 12.7 Å². The van der Waals surface area contributed by atoms with Crippen molar-refractivity contribution in [3.8, 4) is 0 Å². The van der Waals surface area contributed by atoms with Crippen molar-refractivity contribution in [1.82, 2.24) is 0 Å². The summed E-state index contributed by atoms with van der Waals surface area (Å²) in [5, 5.41) is 17.8. The molecule has 0 bridgehead atoms. The number of hydrogen-bond donors (Lipinski definition) is 2. The third-order valence-corrected chi connectivity index (χ3v) is 1.72. The molecule has 0 amide bonds. The van der Waals surface area contributed by atoms with Gasteiger partial charge in [-0.2, -0.15) is 0 Å². The van der Waals surface area contributed by atoms with E-state index < -0.39 is 0 Å². The Labute approximate surface area is 54.8 Å². The second-order valence-electron chi connectivity index (χ2n) is 2.42. The van der Waals surface area contributed by atoms with E-state index in [9.17, 15) is 0 Å². The van der Waals surface area contributed by atoms with E-state index in [0.717, 1.165) is 12.8 Å². The van der Waals surface area contributed by atoms with Crippen molar-refractivity contribution in [3.05, 3.63) is 12.2 Å². The lowest BCUT2D eigenvalue weighted by Gasteiger charge is -2.20. The lowest BCUT2D eigenvalue weighted by atomic mass is 9.94. The van der Waals surface area contributed by atoms with Crippen molar-refractivity contribution in [1.29, 1.82) is 0 Å². The fraction of sp³-hybridized carbons (Fsp3) is 0.714. The zero-order valence-electron chi connectivity index (χ0n) is 5.33. The minimum absolute atomic E-state index is 0.0150. The molecule has 0 aliphatic heterocycles. The van der Waals surface area contributed by atoms with Crippen molar-refractivity contribution < 1.29 is 10.2 Å². The highest BCUT2D eigenvalue weighted by Crippen LogP contribution is 2.16. The van der Waals surface area contributed by atoms with Crippen LogP contribution in [0.1, 0.15) is 12.8 Å². The second kappa shape index (κ2) is 2.99. The van der Waals surface area contributed by atoms with Gasteiger partial charge in [0.1, 0.15) is 0 Å². The van der Waals surface area contributed by atoms with Crippen LogP contribution in [0.25, 0.3) is 0 Å². The van der Waals surface area contributed by atoms with Crippen LogP contribution in [-0.2, 0) is 0 Å². The van der Waals surface area contributed by atoms with Crippen LogP contribution in [0, 0.1) is 5.92 Å². The van der Waals surface area contributed by atoms with Gasteiger partial charge in [0.25, 0.3) is 0 Å². The molecule has 52 valence electrons. The Kier molecular flexibility index (Phi) is 2.25. The summed E-state index contributed by atoms with van der Waals surface area (Å²) in [5.74, 6) is -0.0150. The molecule has 0 fully saturated rings. The van der Waals surface area contributed by atoms with Crippen LogP contribution in [0.5, 0.6) is 0 Å². The number of rotatable bonds is 1. The molecule has 0 saturated heterocycles. The van der Waals surface area contributed by atoms with Crippen LogP contribution in [0.2, 0.25) is 0 Å². The standard InChI is InChI=1S/C7H12O2/c8-5-6-3-1-2-4-7(6)9/h1,3,6-9H,2,4-5H2. The van der Waals surface area contributed by atoms with Gasteiger partial charge in [-0.25, -0.2) is 0 Å². The number of hydrogen-bond acceptors (Lipinski definition) is 2. The number of allylic oxidation sites excluding steroid dienone is 1. The molecular formula is C7H12O2. The summed E-state index contributed by atoms with van der Waals surface area (Å²) in [6.07, 6.45) is 5.31. The van der Waals surface area contributed by atoms with E-state index in [1.807, 2.05) is 12.2 Å². The molecular weight excluding hydrogens is 116 g/mol. The Balaban J connectivity index is 2.46. The number of aliphatic hydroxyl groups excluding tert-OH is 2. The molecule has 0 aromatic heterocycles. The molecule has 0 aromatic rings. The maximum absolute atomic E-state index is 9.16. The Morgan fingerprint density at radius 3 is 2.78 bits per heavy atom. The first-order valence-electron chi connectivity index (χ1n) is 3.30. The summed E-state index contributed by atoms with van der Waals surface area (Å²) in [7, 11) is 0. The monoisotopic (exact) mass is 128 g/mol. The van der Waals surface area contributed by atoms with Crippen molar-refractivity contribution >= 4 is 0 Å². The third kappa shape index (κ3) is 1.53. The highest BCUT2D eigenvalue weighted by molar-refractivity contribution is 4.96. The lowest BCUT2D eigenvalue weighted by Crippen LogP contribution is -2.23. The summed E-state index contributed by atoms with van der Waals surface area (Å²) < 4.78 is 0. The number of aliphatic hydroxyl groups is 2. The van der Waals surface area contributed by atoms with Crippen molar-refractivity contribution in [2.75, 3.05) is 6.61 Å². The first kappa shape index (κ1) is 6.78. The molecule has 2 N–H and O–H groups in total. The molecule has 0 spiro atoms. The quantitative estimate of drug-likeness (QED) is 0.499. The molecule has 1 aliphatic rings. The molecule has 1 rings (SSSR count). The van der Waals surface area contributed by atoms with Crippen LogP contribution in [0.3, 0.4) is 0 Å². The zero-order chi connectivity index (χ0) is 6.69. The minimum atomic E-state index is -0.319. The van der Waals surface area contributed by atoms with E-state index in [-0.39, 0.29) is 18.6 Å². The Bertz CT molecular complexity index is 109. The predicted octanol–water partition coefficient (Wildman–Crippen LogP) is 0.306. The summed E-state index contributed by atoms with van der Waals surface area (Å²) in [4.78, 5) is 0. The van der Waals surface area contributed by atoms with Gasteiger partial charge in [-0.3, -0.25) is 0 Å². The highest BCUT2D eigenvalue weighted by atomic mass is 16.3. The first-order chi connectivity index (χ1) is 4.34. The van der Waals surface area contributed by atoms with Crippen LogP contribution >= 0.6 is 0 Å². The lowest BCUT2D eigenvalue weighted by molar-refractivity contribution is 0.0806. The Morgan fingerprint density at radius 1 is 1.56 bits per heavy atom. The highest BCUT2D eigenvalue weighted by Gasteiger charge is 2.16. The van der Waals surface area contributed by atoms with Gasteiger partial charge in [-0.05, 0) is 12.8 Å². The van der Waals surface area contributed by atoms with E-state index in [4.69, 9.17) is 10.2 Å². The van der Waals surface area contributed by atoms with Gasteiger partial charge in [-0.15, -0.1) is 0 Å². The van der Waals surface area contributed by atoms with Crippen molar-refractivity contribution in [3.63, 3.8) is 0 Å². The first-order valence-corrected chi connectivity index (χ1v) is 3.30. The average molecular weight is 128 g/mol. The van der Waals surface area contributed by atoms with Gasteiger partial charge >= 0.3 is 0 Å². The van der Waals surface area contributed by atoms with E-state index >= 15 is 0 Å². The molecule has 0 saturated carbocycles. The summed E-state index contributed by atoms with van der Waals surface area (Å²) in [5.41, 5.74) is 0. The fourth-order valence-corrected chi connectivity index (χ4v) is 1.06. The average Bonchev–Trinajstić information content (AvgIpc) is 1.89.